The van der Waals surface area contributed by atoms with E-state index < -0.39 is 11.7 Å². The summed E-state index contributed by atoms with van der Waals surface area (Å²) in [5.41, 5.74) is 0.665. The van der Waals surface area contributed by atoms with Crippen LogP contribution >= 0.6 is 0 Å². The highest BCUT2D eigenvalue weighted by Crippen LogP contribution is 2.15. The van der Waals surface area contributed by atoms with E-state index in [4.69, 9.17) is 4.74 Å². The van der Waals surface area contributed by atoms with E-state index in [0.717, 1.165) is 0 Å². The lowest BCUT2D eigenvalue weighted by molar-refractivity contribution is 0.0526. The molecule has 6 heteroatoms. The van der Waals surface area contributed by atoms with Crippen LogP contribution in [0.5, 0.6) is 0 Å². The van der Waals surface area contributed by atoms with Crippen molar-refractivity contribution in [3.8, 4) is 0 Å². The Morgan fingerprint density at radius 1 is 1.31 bits per heavy atom. The van der Waals surface area contributed by atoms with Crippen LogP contribution < -0.4 is 5.32 Å². The normalized spacial score (nSPS) is 16.8. The van der Waals surface area contributed by atoms with Crippen LogP contribution in [-0.2, 0) is 11.3 Å². The molecule has 1 aliphatic carbocycles. The van der Waals surface area contributed by atoms with Gasteiger partial charge >= 0.3 is 6.09 Å². The second-order valence-electron chi connectivity index (χ2n) is 7.28. The molecule has 1 N–H and O–H groups in total. The summed E-state index contributed by atoms with van der Waals surface area (Å²) in [4.78, 5) is 24.4. The van der Waals surface area contributed by atoms with Gasteiger partial charge < -0.3 is 10.1 Å². The number of aryl methyl sites for hydroxylation is 1. The number of nitrogens with one attached hydrogen (secondary N) is 1. The molecule has 0 saturated heterocycles. The topological polar surface area (TPSA) is 73.2 Å². The maximum Gasteiger partial charge on any atom is 0.407 e. The van der Waals surface area contributed by atoms with Crippen LogP contribution in [0.4, 0.5) is 4.79 Å². The first kappa shape index (κ1) is 19.7. The summed E-state index contributed by atoms with van der Waals surface area (Å²) in [6.45, 7) is 8.51. The summed E-state index contributed by atoms with van der Waals surface area (Å²) in [6, 6.07) is 1.72. The minimum Gasteiger partial charge on any atom is -0.444 e. The number of carbonyl (C=O) groups excluding carboxylic acids is 2. The van der Waals surface area contributed by atoms with E-state index in [-0.39, 0.29) is 5.78 Å². The Morgan fingerprint density at radius 2 is 2.08 bits per heavy atom. The number of ketones is 1. The van der Waals surface area contributed by atoms with Crippen LogP contribution in [0, 0.1) is 5.92 Å². The highest BCUT2D eigenvalue weighted by Gasteiger charge is 2.17. The zero-order valence-electron chi connectivity index (χ0n) is 15.9. The van der Waals surface area contributed by atoms with E-state index in [1.54, 1.807) is 16.9 Å². The largest absolute Gasteiger partial charge is 0.444 e. The molecule has 6 nitrogen and oxygen atoms in total. The lowest BCUT2D eigenvalue weighted by Crippen LogP contribution is -2.33. The summed E-state index contributed by atoms with van der Waals surface area (Å²) < 4.78 is 6.86. The standard InChI is InChI=1S/C20H27N3O3/c1-15-7-5-8-16(10-9-15)18(24)17-11-13-22-23(17)14-6-12-21-19(25)26-20(2,3)4/h5,7-11,13,15H,6,12,14H2,1-4H3,(H,21,25). The summed E-state index contributed by atoms with van der Waals surface area (Å²) in [6.07, 6.45) is 11.4. The van der Waals surface area contributed by atoms with E-state index in [1.807, 2.05) is 51.2 Å². The highest BCUT2D eigenvalue weighted by atomic mass is 16.6. The minimum atomic E-state index is -0.516. The molecule has 1 aliphatic rings. The van der Waals surface area contributed by atoms with Gasteiger partial charge in [0.25, 0.3) is 0 Å². The van der Waals surface area contributed by atoms with Gasteiger partial charge in [-0.05, 0) is 39.2 Å². The number of hydrogen-bond acceptors (Lipinski definition) is 4. The molecule has 1 unspecified atom stereocenters. The maximum absolute atomic E-state index is 12.7. The molecule has 0 bridgehead atoms. The Balaban J connectivity index is 1.89. The Hall–Kier alpha value is -2.63. The second-order valence-corrected chi connectivity index (χ2v) is 7.28. The lowest BCUT2D eigenvalue weighted by Gasteiger charge is -2.19. The third kappa shape index (κ3) is 6.02. The zero-order valence-corrected chi connectivity index (χ0v) is 15.9. The molecule has 1 heterocycles. The van der Waals surface area contributed by atoms with Crippen LogP contribution in [-0.4, -0.2) is 33.8 Å². The van der Waals surface area contributed by atoms with E-state index in [2.05, 4.69) is 17.3 Å². The van der Waals surface area contributed by atoms with Gasteiger partial charge in [0.15, 0.2) is 0 Å². The van der Waals surface area contributed by atoms with Gasteiger partial charge in [-0.25, -0.2) is 4.79 Å². The van der Waals surface area contributed by atoms with Crippen LogP contribution in [0.25, 0.3) is 0 Å². The molecule has 0 fully saturated rings. The molecule has 140 valence electrons. The number of carbonyl (C=O) groups is 2. The maximum atomic E-state index is 12.7. The number of Topliss-reactive ketones (excluding diaryl/α,β-unsaturated/α-hetero) is 1. The molecular weight excluding hydrogens is 330 g/mol. The Kier molecular flexibility index (Phi) is 6.55. The molecule has 2 rings (SSSR count). The van der Waals surface area contributed by atoms with Crippen molar-refractivity contribution >= 4 is 11.9 Å². The molecule has 0 spiro atoms. The number of aromatic nitrogens is 2. The van der Waals surface area contributed by atoms with Gasteiger partial charge in [0.1, 0.15) is 11.3 Å². The Morgan fingerprint density at radius 3 is 2.81 bits per heavy atom. The fourth-order valence-electron chi connectivity index (χ4n) is 2.45. The van der Waals surface area contributed by atoms with Crippen molar-refractivity contribution in [2.24, 2.45) is 5.92 Å². The number of hydrogen-bond donors (Lipinski definition) is 1. The molecule has 26 heavy (non-hydrogen) atoms. The quantitative estimate of drug-likeness (QED) is 0.623. The molecule has 1 atom stereocenters. The lowest BCUT2D eigenvalue weighted by atomic mass is 10.1. The van der Waals surface area contributed by atoms with E-state index in [0.29, 0.717) is 36.7 Å². The van der Waals surface area contributed by atoms with Crippen LogP contribution in [0.2, 0.25) is 0 Å². The monoisotopic (exact) mass is 357 g/mol. The SMILES string of the molecule is CC1C=CC=C(C(=O)c2ccnn2CCCNC(=O)OC(C)(C)C)C=C1. The van der Waals surface area contributed by atoms with Crippen LogP contribution in [0.15, 0.2) is 48.2 Å². The average Bonchev–Trinajstić information content (AvgIpc) is 2.90. The van der Waals surface area contributed by atoms with Crippen molar-refractivity contribution < 1.29 is 14.3 Å². The number of allylic oxidation sites excluding steroid dienone is 6. The predicted octanol–water partition coefficient (Wildman–Crippen LogP) is 3.67. The minimum absolute atomic E-state index is 0.0578. The highest BCUT2D eigenvalue weighted by molar-refractivity contribution is 6.09. The van der Waals surface area contributed by atoms with Gasteiger partial charge in [0.2, 0.25) is 5.78 Å². The third-order valence-corrected chi connectivity index (χ3v) is 3.70. The third-order valence-electron chi connectivity index (χ3n) is 3.70. The van der Waals surface area contributed by atoms with Crippen molar-refractivity contribution in [3.05, 3.63) is 53.9 Å². The van der Waals surface area contributed by atoms with Gasteiger partial charge in [0, 0.05) is 24.9 Å². The summed E-state index contributed by atoms with van der Waals surface area (Å²) >= 11 is 0. The van der Waals surface area contributed by atoms with E-state index in [9.17, 15) is 9.59 Å². The average molecular weight is 357 g/mol. The summed E-state index contributed by atoms with van der Waals surface area (Å²) in [5, 5.41) is 6.94. The molecule has 0 aliphatic heterocycles. The van der Waals surface area contributed by atoms with Crippen LogP contribution in [0.3, 0.4) is 0 Å². The van der Waals surface area contributed by atoms with Gasteiger partial charge in [-0.2, -0.15) is 5.10 Å². The van der Waals surface area contributed by atoms with Gasteiger partial charge in [0.05, 0.1) is 0 Å². The van der Waals surface area contributed by atoms with Gasteiger partial charge in [-0.1, -0.05) is 37.3 Å². The number of rotatable bonds is 6. The van der Waals surface area contributed by atoms with Crippen molar-refractivity contribution in [2.45, 2.75) is 46.3 Å². The molecule has 0 radical (unpaired) electrons. The van der Waals surface area contributed by atoms with E-state index in [1.165, 1.54) is 0 Å². The van der Waals surface area contributed by atoms with Crippen molar-refractivity contribution in [1.82, 2.24) is 15.1 Å². The number of ether oxygens (including phenoxy) is 1. The summed E-state index contributed by atoms with van der Waals surface area (Å²) in [5.74, 6) is 0.248. The number of nitrogens with zero attached hydrogens (tertiary/aromatic N) is 2. The zero-order chi connectivity index (χ0) is 19.2. The molecule has 0 saturated carbocycles. The van der Waals surface area contributed by atoms with Gasteiger partial charge in [-0.3, -0.25) is 9.48 Å². The Bertz CT molecular complexity index is 736. The van der Waals surface area contributed by atoms with Crippen molar-refractivity contribution in [1.29, 1.82) is 0 Å². The molecular formula is C20H27N3O3. The molecule has 0 aromatic carbocycles. The van der Waals surface area contributed by atoms with Crippen molar-refractivity contribution in [2.75, 3.05) is 6.54 Å². The van der Waals surface area contributed by atoms with Crippen molar-refractivity contribution in [3.63, 3.8) is 0 Å². The first-order valence-corrected chi connectivity index (χ1v) is 8.86. The fourth-order valence-corrected chi connectivity index (χ4v) is 2.45. The van der Waals surface area contributed by atoms with Gasteiger partial charge in [-0.15, -0.1) is 0 Å². The smallest absolute Gasteiger partial charge is 0.407 e. The fraction of sp³-hybridized carbons (Fsp3) is 0.450. The molecule has 1 amide bonds. The van der Waals surface area contributed by atoms with E-state index >= 15 is 0 Å². The number of amides is 1. The first-order valence-electron chi connectivity index (χ1n) is 8.86. The second kappa shape index (κ2) is 8.65. The summed E-state index contributed by atoms with van der Waals surface area (Å²) in [7, 11) is 0. The Labute approximate surface area is 154 Å². The molecule has 1 aromatic heterocycles. The van der Waals surface area contributed by atoms with Crippen LogP contribution in [0.1, 0.15) is 44.6 Å². The molecule has 1 aromatic rings. The number of alkyl carbamates (subject to hydrolysis) is 1. The first-order chi connectivity index (χ1) is 12.3. The predicted molar refractivity (Wildman–Crippen MR) is 101 cm³/mol.